The molecule has 0 saturated heterocycles. The van der Waals surface area contributed by atoms with Crippen molar-refractivity contribution in [1.82, 2.24) is 5.32 Å². The molecule has 5 heteroatoms. The number of para-hydroxylation sites is 2. The van der Waals surface area contributed by atoms with Crippen LogP contribution in [0.4, 0.5) is 11.4 Å². The predicted octanol–water partition coefficient (Wildman–Crippen LogP) is 4.73. The lowest BCUT2D eigenvalue weighted by molar-refractivity contribution is 0.0952. The van der Waals surface area contributed by atoms with Gasteiger partial charge in [-0.05, 0) is 48.5 Å². The first-order valence-corrected chi connectivity index (χ1v) is 9.09. The Morgan fingerprint density at radius 2 is 1.41 bits per heavy atom. The monoisotopic (exact) mass is 375 g/mol. The molecule has 0 unspecified atom stereocenters. The molecule has 0 radical (unpaired) electrons. The second-order valence-corrected chi connectivity index (χ2v) is 6.52. The number of benzene rings is 3. The van der Waals surface area contributed by atoms with Gasteiger partial charge >= 0.3 is 0 Å². The molecule has 0 aromatic heterocycles. The van der Waals surface area contributed by atoms with Gasteiger partial charge in [-0.2, -0.15) is 0 Å². The van der Waals surface area contributed by atoms with Gasteiger partial charge in [0.05, 0.1) is 11.3 Å². The summed E-state index contributed by atoms with van der Waals surface area (Å²) in [7, 11) is 0. The van der Waals surface area contributed by atoms with Crippen molar-refractivity contribution in [3.63, 3.8) is 0 Å². The smallest absolute Gasteiger partial charge is 0.253 e. The van der Waals surface area contributed by atoms with Crippen molar-refractivity contribution < 1.29 is 4.79 Å². The van der Waals surface area contributed by atoms with E-state index in [9.17, 15) is 4.79 Å². The summed E-state index contributed by atoms with van der Waals surface area (Å²) in [6, 6.07) is 25.0. The number of nitrogens with one attached hydrogen (secondary N) is 3. The summed E-state index contributed by atoms with van der Waals surface area (Å²) >= 11 is 5.41. The Hall–Kier alpha value is -3.18. The molecular formula is C22H21N3OS. The van der Waals surface area contributed by atoms with Crippen LogP contribution < -0.4 is 16.0 Å². The summed E-state index contributed by atoms with van der Waals surface area (Å²) < 4.78 is 0. The molecule has 27 heavy (non-hydrogen) atoms. The van der Waals surface area contributed by atoms with Gasteiger partial charge in [0.1, 0.15) is 0 Å². The van der Waals surface area contributed by atoms with Crippen LogP contribution in [0, 0.1) is 6.92 Å². The van der Waals surface area contributed by atoms with E-state index in [0.717, 1.165) is 16.8 Å². The molecule has 3 aromatic carbocycles. The first-order chi connectivity index (χ1) is 13.1. The van der Waals surface area contributed by atoms with Gasteiger partial charge < -0.3 is 16.0 Å². The van der Waals surface area contributed by atoms with E-state index in [1.807, 2.05) is 79.7 Å². The minimum Gasteiger partial charge on any atom is -0.348 e. The van der Waals surface area contributed by atoms with Crippen molar-refractivity contribution in [2.24, 2.45) is 0 Å². The summed E-state index contributed by atoms with van der Waals surface area (Å²) in [5.74, 6) is -0.152. The summed E-state index contributed by atoms with van der Waals surface area (Å²) in [5, 5.41) is 9.68. The van der Waals surface area contributed by atoms with Crippen LogP contribution in [0.15, 0.2) is 78.9 Å². The van der Waals surface area contributed by atoms with Gasteiger partial charge in [-0.3, -0.25) is 4.79 Å². The number of hydrogen-bond donors (Lipinski definition) is 3. The molecule has 4 nitrogen and oxygen atoms in total. The predicted molar refractivity (Wildman–Crippen MR) is 115 cm³/mol. The standard InChI is InChI=1S/C22H21N3OS/c1-16-9-5-7-13-19(16)24-22(27)25-20-14-8-6-12-18(20)21(26)23-15-17-10-3-2-4-11-17/h2-14H,15H2,1H3,(H,23,26)(H2,24,25,27). The minimum absolute atomic E-state index is 0.152. The maximum atomic E-state index is 12.6. The quantitative estimate of drug-likeness (QED) is 0.564. The molecule has 0 aliphatic carbocycles. The van der Waals surface area contributed by atoms with Crippen LogP contribution in [0.5, 0.6) is 0 Å². The summed E-state index contributed by atoms with van der Waals surface area (Å²) in [4.78, 5) is 12.6. The van der Waals surface area contributed by atoms with Crippen LogP contribution in [-0.4, -0.2) is 11.0 Å². The van der Waals surface area contributed by atoms with E-state index in [0.29, 0.717) is 22.9 Å². The average Bonchev–Trinajstić information content (AvgIpc) is 2.69. The van der Waals surface area contributed by atoms with Gasteiger partial charge in [-0.25, -0.2) is 0 Å². The molecule has 0 aliphatic heterocycles. The molecule has 0 bridgehead atoms. The topological polar surface area (TPSA) is 53.2 Å². The van der Waals surface area contributed by atoms with E-state index in [2.05, 4.69) is 16.0 Å². The highest BCUT2D eigenvalue weighted by atomic mass is 32.1. The van der Waals surface area contributed by atoms with Crippen molar-refractivity contribution in [3.8, 4) is 0 Å². The molecule has 0 saturated carbocycles. The molecule has 3 rings (SSSR count). The first-order valence-electron chi connectivity index (χ1n) is 8.68. The molecular weight excluding hydrogens is 354 g/mol. The Morgan fingerprint density at radius 1 is 0.815 bits per heavy atom. The maximum Gasteiger partial charge on any atom is 0.253 e. The fourth-order valence-corrected chi connectivity index (χ4v) is 2.87. The zero-order valence-corrected chi connectivity index (χ0v) is 15.8. The maximum absolute atomic E-state index is 12.6. The average molecular weight is 375 g/mol. The van der Waals surface area contributed by atoms with Crippen LogP contribution in [0.1, 0.15) is 21.5 Å². The van der Waals surface area contributed by atoms with Crippen LogP contribution >= 0.6 is 12.2 Å². The van der Waals surface area contributed by atoms with E-state index in [1.165, 1.54) is 0 Å². The lowest BCUT2D eigenvalue weighted by atomic mass is 10.1. The lowest BCUT2D eigenvalue weighted by Crippen LogP contribution is -2.26. The van der Waals surface area contributed by atoms with Crippen molar-refractivity contribution in [2.45, 2.75) is 13.5 Å². The second kappa shape index (κ2) is 8.96. The van der Waals surface area contributed by atoms with Crippen LogP contribution in [0.3, 0.4) is 0 Å². The third-order valence-corrected chi connectivity index (χ3v) is 4.31. The molecule has 1 amide bonds. The van der Waals surface area contributed by atoms with E-state index in [-0.39, 0.29) is 5.91 Å². The molecule has 136 valence electrons. The fourth-order valence-electron chi connectivity index (χ4n) is 2.65. The molecule has 3 N–H and O–H groups in total. The van der Waals surface area contributed by atoms with Crippen LogP contribution in [0.2, 0.25) is 0 Å². The van der Waals surface area contributed by atoms with Gasteiger partial charge in [0.15, 0.2) is 5.11 Å². The summed E-state index contributed by atoms with van der Waals surface area (Å²) in [6.07, 6.45) is 0. The molecule has 0 fully saturated rings. The van der Waals surface area contributed by atoms with Crippen molar-refractivity contribution in [3.05, 3.63) is 95.6 Å². The Balaban J connectivity index is 1.67. The number of amides is 1. The number of thiocarbonyl (C=S) groups is 1. The van der Waals surface area contributed by atoms with Gasteiger partial charge in [0, 0.05) is 12.2 Å². The highest BCUT2D eigenvalue weighted by Crippen LogP contribution is 2.17. The van der Waals surface area contributed by atoms with E-state index >= 15 is 0 Å². The highest BCUT2D eigenvalue weighted by molar-refractivity contribution is 7.80. The van der Waals surface area contributed by atoms with E-state index < -0.39 is 0 Å². The van der Waals surface area contributed by atoms with Crippen molar-refractivity contribution in [2.75, 3.05) is 10.6 Å². The van der Waals surface area contributed by atoms with Gasteiger partial charge in [0.2, 0.25) is 0 Å². The molecule has 0 spiro atoms. The Kier molecular flexibility index (Phi) is 6.18. The first kappa shape index (κ1) is 18.6. The molecule has 0 aliphatic rings. The van der Waals surface area contributed by atoms with Gasteiger partial charge in [-0.15, -0.1) is 0 Å². The zero-order valence-electron chi connectivity index (χ0n) is 15.0. The van der Waals surface area contributed by atoms with Crippen LogP contribution in [-0.2, 0) is 6.54 Å². The minimum atomic E-state index is -0.152. The number of hydrogen-bond acceptors (Lipinski definition) is 2. The zero-order chi connectivity index (χ0) is 19.1. The third-order valence-electron chi connectivity index (χ3n) is 4.11. The number of carbonyl (C=O) groups is 1. The summed E-state index contributed by atoms with van der Waals surface area (Å²) in [5.41, 5.74) is 4.28. The Bertz CT molecular complexity index is 941. The number of carbonyl (C=O) groups excluding carboxylic acids is 1. The number of aryl methyl sites for hydroxylation is 1. The van der Waals surface area contributed by atoms with Gasteiger partial charge in [0.25, 0.3) is 5.91 Å². The van der Waals surface area contributed by atoms with Crippen molar-refractivity contribution >= 4 is 34.6 Å². The summed E-state index contributed by atoms with van der Waals surface area (Å²) in [6.45, 7) is 2.48. The second-order valence-electron chi connectivity index (χ2n) is 6.11. The number of anilines is 2. The Labute approximate surface area is 164 Å². The normalized spacial score (nSPS) is 10.1. The van der Waals surface area contributed by atoms with E-state index in [4.69, 9.17) is 12.2 Å². The van der Waals surface area contributed by atoms with Crippen molar-refractivity contribution in [1.29, 1.82) is 0 Å². The SMILES string of the molecule is Cc1ccccc1NC(=S)Nc1ccccc1C(=O)NCc1ccccc1. The largest absolute Gasteiger partial charge is 0.348 e. The molecule has 0 heterocycles. The number of rotatable bonds is 5. The Morgan fingerprint density at radius 3 is 2.15 bits per heavy atom. The third kappa shape index (κ3) is 5.15. The van der Waals surface area contributed by atoms with Gasteiger partial charge in [-0.1, -0.05) is 60.7 Å². The molecule has 0 atom stereocenters. The fraction of sp³-hybridized carbons (Fsp3) is 0.0909. The van der Waals surface area contributed by atoms with E-state index in [1.54, 1.807) is 6.07 Å². The van der Waals surface area contributed by atoms with Crippen LogP contribution in [0.25, 0.3) is 0 Å². The highest BCUT2D eigenvalue weighted by Gasteiger charge is 2.12. The molecule has 3 aromatic rings. The lowest BCUT2D eigenvalue weighted by Gasteiger charge is -2.15.